The predicted molar refractivity (Wildman–Crippen MR) is 91.4 cm³/mol. The van der Waals surface area contributed by atoms with Crippen LogP contribution in [0.4, 0.5) is 0 Å². The summed E-state index contributed by atoms with van der Waals surface area (Å²) in [6.07, 6.45) is 5.43. The highest BCUT2D eigenvalue weighted by atomic mass is 15.2. The zero-order valence-corrected chi connectivity index (χ0v) is 14.3. The first-order chi connectivity index (χ1) is 9.98. The Hall–Kier alpha value is -0.860. The fourth-order valence-electron chi connectivity index (χ4n) is 3.17. The van der Waals surface area contributed by atoms with Crippen molar-refractivity contribution in [3.05, 3.63) is 35.4 Å². The van der Waals surface area contributed by atoms with E-state index in [1.807, 2.05) is 0 Å². The number of likely N-dealkylation sites (tertiary alicyclic amines) is 1. The summed E-state index contributed by atoms with van der Waals surface area (Å²) in [5.41, 5.74) is 3.03. The Kier molecular flexibility index (Phi) is 5.83. The van der Waals surface area contributed by atoms with Crippen LogP contribution in [0.25, 0.3) is 0 Å². The summed E-state index contributed by atoms with van der Waals surface area (Å²) in [6, 6.07) is 9.88. The largest absolute Gasteiger partial charge is 0.308 e. The second-order valence-corrected chi connectivity index (χ2v) is 7.45. The van der Waals surface area contributed by atoms with E-state index in [9.17, 15) is 0 Å². The smallest absolute Gasteiger partial charge is 0.0236 e. The number of piperidine rings is 1. The minimum Gasteiger partial charge on any atom is -0.308 e. The van der Waals surface area contributed by atoms with Crippen molar-refractivity contribution in [1.29, 1.82) is 0 Å². The van der Waals surface area contributed by atoms with Gasteiger partial charge >= 0.3 is 0 Å². The molecule has 21 heavy (non-hydrogen) atoms. The lowest BCUT2D eigenvalue weighted by Crippen LogP contribution is -2.38. The Balaban J connectivity index is 1.97. The number of hydrogen-bond donors (Lipinski definition) is 1. The van der Waals surface area contributed by atoms with Gasteiger partial charge in [0.1, 0.15) is 0 Å². The molecule has 1 aromatic carbocycles. The Labute approximate surface area is 130 Å². The van der Waals surface area contributed by atoms with Crippen LogP contribution in [0.2, 0.25) is 0 Å². The highest BCUT2D eigenvalue weighted by molar-refractivity contribution is 5.23. The molecular formula is C19H32N2. The molecule has 1 aliphatic heterocycles. The maximum atomic E-state index is 3.58. The van der Waals surface area contributed by atoms with E-state index in [1.54, 1.807) is 0 Å². The minimum atomic E-state index is 0.177. The molecule has 2 rings (SSSR count). The molecular weight excluding hydrogens is 256 g/mol. The van der Waals surface area contributed by atoms with Crippen LogP contribution < -0.4 is 5.32 Å². The van der Waals surface area contributed by atoms with Gasteiger partial charge in [0.15, 0.2) is 0 Å². The molecule has 118 valence electrons. The lowest BCUT2D eigenvalue weighted by Gasteiger charge is -2.35. The molecule has 0 saturated carbocycles. The summed E-state index contributed by atoms with van der Waals surface area (Å²) >= 11 is 0. The topological polar surface area (TPSA) is 15.3 Å². The molecule has 0 spiro atoms. The first kappa shape index (κ1) is 16.5. The molecule has 0 bridgehead atoms. The van der Waals surface area contributed by atoms with Gasteiger partial charge < -0.3 is 5.32 Å². The normalized spacial score (nSPS) is 20.7. The van der Waals surface area contributed by atoms with Gasteiger partial charge in [0, 0.05) is 24.7 Å². The van der Waals surface area contributed by atoms with E-state index in [1.165, 1.54) is 43.4 Å². The van der Waals surface area contributed by atoms with Crippen LogP contribution in [-0.4, -0.2) is 23.0 Å². The van der Waals surface area contributed by atoms with Crippen molar-refractivity contribution < 1.29 is 0 Å². The van der Waals surface area contributed by atoms with Crippen LogP contribution >= 0.6 is 0 Å². The lowest BCUT2D eigenvalue weighted by atomic mass is 9.99. The predicted octanol–water partition coefficient (Wildman–Crippen LogP) is 4.34. The van der Waals surface area contributed by atoms with Gasteiger partial charge in [0.25, 0.3) is 0 Å². The second kappa shape index (κ2) is 7.42. The van der Waals surface area contributed by atoms with Crippen molar-refractivity contribution in [1.82, 2.24) is 10.2 Å². The zero-order chi connectivity index (χ0) is 15.3. The first-order valence-electron chi connectivity index (χ1n) is 8.55. The number of nitrogens with one attached hydrogen (secondary N) is 1. The van der Waals surface area contributed by atoms with Crippen molar-refractivity contribution in [2.24, 2.45) is 0 Å². The third kappa shape index (κ3) is 5.44. The van der Waals surface area contributed by atoms with Crippen LogP contribution in [-0.2, 0) is 13.1 Å². The van der Waals surface area contributed by atoms with E-state index in [2.05, 4.69) is 62.2 Å². The molecule has 2 heteroatoms. The second-order valence-electron chi connectivity index (χ2n) is 7.45. The van der Waals surface area contributed by atoms with Gasteiger partial charge in [-0.2, -0.15) is 0 Å². The Bertz CT molecular complexity index is 433. The van der Waals surface area contributed by atoms with Crippen LogP contribution in [0, 0.1) is 0 Å². The third-order valence-corrected chi connectivity index (χ3v) is 4.42. The average molecular weight is 288 g/mol. The van der Waals surface area contributed by atoms with Crippen molar-refractivity contribution in [2.75, 3.05) is 6.54 Å². The summed E-state index contributed by atoms with van der Waals surface area (Å²) in [7, 11) is 0. The van der Waals surface area contributed by atoms with Gasteiger partial charge in [0.05, 0.1) is 0 Å². The van der Waals surface area contributed by atoms with Gasteiger partial charge in [-0.3, -0.25) is 4.90 Å². The fourth-order valence-corrected chi connectivity index (χ4v) is 3.17. The fraction of sp³-hybridized carbons (Fsp3) is 0.684. The summed E-state index contributed by atoms with van der Waals surface area (Å²) in [5.74, 6) is 0. The third-order valence-electron chi connectivity index (χ3n) is 4.42. The maximum Gasteiger partial charge on any atom is 0.0236 e. The van der Waals surface area contributed by atoms with Crippen molar-refractivity contribution >= 4 is 0 Å². The van der Waals surface area contributed by atoms with Gasteiger partial charge in [0.2, 0.25) is 0 Å². The Morgan fingerprint density at radius 1 is 1.19 bits per heavy atom. The van der Waals surface area contributed by atoms with Crippen molar-refractivity contribution in [3.63, 3.8) is 0 Å². The number of benzene rings is 1. The van der Waals surface area contributed by atoms with E-state index in [0.29, 0.717) is 0 Å². The maximum absolute atomic E-state index is 3.58. The summed E-state index contributed by atoms with van der Waals surface area (Å²) in [5, 5.41) is 3.58. The van der Waals surface area contributed by atoms with Crippen LogP contribution in [0.5, 0.6) is 0 Å². The molecule has 1 unspecified atom stereocenters. The van der Waals surface area contributed by atoms with E-state index >= 15 is 0 Å². The molecule has 2 nitrogen and oxygen atoms in total. The van der Waals surface area contributed by atoms with E-state index in [4.69, 9.17) is 0 Å². The van der Waals surface area contributed by atoms with Crippen molar-refractivity contribution in [3.8, 4) is 0 Å². The molecule has 1 aromatic rings. The highest BCUT2D eigenvalue weighted by Gasteiger charge is 2.20. The molecule has 1 aliphatic rings. The average Bonchev–Trinajstić information content (AvgIpc) is 2.45. The van der Waals surface area contributed by atoms with E-state index in [0.717, 1.165) is 19.1 Å². The minimum absolute atomic E-state index is 0.177. The molecule has 0 aromatic heterocycles. The molecule has 1 saturated heterocycles. The molecule has 0 radical (unpaired) electrons. The van der Waals surface area contributed by atoms with Crippen molar-refractivity contribution in [2.45, 2.75) is 78.0 Å². The van der Waals surface area contributed by atoms with Gasteiger partial charge in [-0.05, 0) is 57.7 Å². The quantitative estimate of drug-likeness (QED) is 0.867. The number of hydrogen-bond acceptors (Lipinski definition) is 2. The lowest BCUT2D eigenvalue weighted by molar-refractivity contribution is 0.136. The molecule has 1 N–H and O–H groups in total. The summed E-state index contributed by atoms with van der Waals surface area (Å²) < 4.78 is 0. The number of nitrogens with zero attached hydrogens (tertiary/aromatic N) is 1. The SMILES string of the molecule is CCC1CCCCN1Cc1cccc(CNC(C)(C)C)c1. The zero-order valence-electron chi connectivity index (χ0n) is 14.3. The van der Waals surface area contributed by atoms with Gasteiger partial charge in [-0.15, -0.1) is 0 Å². The summed E-state index contributed by atoms with van der Waals surface area (Å²) in [6.45, 7) is 12.3. The monoisotopic (exact) mass is 288 g/mol. The Morgan fingerprint density at radius 2 is 1.95 bits per heavy atom. The van der Waals surface area contributed by atoms with Gasteiger partial charge in [-0.25, -0.2) is 0 Å². The van der Waals surface area contributed by atoms with Crippen LogP contribution in [0.15, 0.2) is 24.3 Å². The standard InChI is InChI=1S/C19H32N2/c1-5-18-11-6-7-12-21(18)15-17-10-8-9-16(13-17)14-20-19(2,3)4/h8-10,13,18,20H,5-7,11-12,14-15H2,1-4H3. The summed E-state index contributed by atoms with van der Waals surface area (Å²) in [4.78, 5) is 2.68. The highest BCUT2D eigenvalue weighted by Crippen LogP contribution is 2.22. The van der Waals surface area contributed by atoms with Crippen LogP contribution in [0.1, 0.15) is 64.5 Å². The van der Waals surface area contributed by atoms with E-state index < -0.39 is 0 Å². The molecule has 0 aliphatic carbocycles. The molecule has 1 fully saturated rings. The van der Waals surface area contributed by atoms with Crippen LogP contribution in [0.3, 0.4) is 0 Å². The molecule has 1 heterocycles. The van der Waals surface area contributed by atoms with Gasteiger partial charge in [-0.1, -0.05) is 37.6 Å². The first-order valence-corrected chi connectivity index (χ1v) is 8.55. The molecule has 0 amide bonds. The van der Waals surface area contributed by atoms with E-state index in [-0.39, 0.29) is 5.54 Å². The number of rotatable bonds is 5. The Morgan fingerprint density at radius 3 is 2.67 bits per heavy atom. The molecule has 1 atom stereocenters.